The molecular formula is C18H34O2. The predicted molar refractivity (Wildman–Crippen MR) is 87.8 cm³/mol. The van der Waals surface area contributed by atoms with Gasteiger partial charge in [0.2, 0.25) is 0 Å². The van der Waals surface area contributed by atoms with Crippen molar-refractivity contribution in [3.8, 4) is 0 Å². The normalized spacial score (nSPS) is 13.3. The monoisotopic (exact) mass is 282 g/mol. The fourth-order valence-electron chi connectivity index (χ4n) is 2.26. The third kappa shape index (κ3) is 13.8. The molecule has 0 saturated carbocycles. The zero-order valence-corrected chi connectivity index (χ0v) is 13.7. The smallest absolute Gasteiger partial charge is 0.0723 e. The fraction of sp³-hybridized carbons (Fsp3) is 0.778. The van der Waals surface area contributed by atoms with E-state index in [2.05, 4.69) is 26.8 Å². The van der Waals surface area contributed by atoms with E-state index < -0.39 is 0 Å². The van der Waals surface area contributed by atoms with E-state index in [1.54, 1.807) is 0 Å². The Hall–Kier alpha value is -0.600. The summed E-state index contributed by atoms with van der Waals surface area (Å²) in [7, 11) is 0. The van der Waals surface area contributed by atoms with Crippen molar-refractivity contribution in [2.45, 2.75) is 84.7 Å². The van der Waals surface area contributed by atoms with Gasteiger partial charge in [0.05, 0.1) is 6.10 Å². The third-order valence-corrected chi connectivity index (χ3v) is 3.48. The zero-order valence-electron chi connectivity index (χ0n) is 13.7. The zero-order chi connectivity index (χ0) is 15.2. The molecule has 0 aliphatic heterocycles. The maximum atomic E-state index is 9.94. The summed E-state index contributed by atoms with van der Waals surface area (Å²) in [6, 6.07) is 0. The molecule has 0 rings (SSSR count). The molecule has 2 nitrogen and oxygen atoms in total. The molecule has 0 amide bonds. The molecule has 1 unspecified atom stereocenters. The van der Waals surface area contributed by atoms with Gasteiger partial charge in [-0.25, -0.2) is 0 Å². The van der Waals surface area contributed by atoms with Gasteiger partial charge < -0.3 is 10.2 Å². The van der Waals surface area contributed by atoms with Gasteiger partial charge in [-0.05, 0) is 46.5 Å². The average molecular weight is 282 g/mol. The minimum Gasteiger partial charge on any atom is -0.396 e. The van der Waals surface area contributed by atoms with Gasteiger partial charge in [-0.15, -0.1) is 0 Å². The topological polar surface area (TPSA) is 40.5 Å². The molecule has 0 heterocycles. The van der Waals surface area contributed by atoms with Crippen molar-refractivity contribution in [2.75, 3.05) is 6.61 Å². The number of rotatable bonds is 12. The van der Waals surface area contributed by atoms with Crippen molar-refractivity contribution in [1.29, 1.82) is 0 Å². The first-order valence-electron chi connectivity index (χ1n) is 8.16. The molecule has 0 fully saturated rings. The lowest BCUT2D eigenvalue weighted by molar-refractivity contribution is 0.206. The van der Waals surface area contributed by atoms with E-state index in [1.807, 2.05) is 6.08 Å². The molecule has 0 aliphatic carbocycles. The van der Waals surface area contributed by atoms with Crippen LogP contribution in [0.5, 0.6) is 0 Å². The molecule has 0 aliphatic rings. The lowest BCUT2D eigenvalue weighted by Crippen LogP contribution is -2.03. The highest BCUT2D eigenvalue weighted by atomic mass is 16.3. The number of unbranched alkanes of at least 4 members (excludes halogenated alkanes) is 5. The molecule has 0 spiro atoms. The highest BCUT2D eigenvalue weighted by Crippen LogP contribution is 2.12. The van der Waals surface area contributed by atoms with Crippen LogP contribution in [0, 0.1) is 0 Å². The van der Waals surface area contributed by atoms with E-state index in [9.17, 15) is 5.11 Å². The molecule has 1 atom stereocenters. The molecule has 2 heteroatoms. The van der Waals surface area contributed by atoms with Crippen LogP contribution in [-0.4, -0.2) is 22.9 Å². The number of allylic oxidation sites excluding steroid dienone is 3. The van der Waals surface area contributed by atoms with Crippen LogP contribution < -0.4 is 0 Å². The van der Waals surface area contributed by atoms with Crippen molar-refractivity contribution >= 4 is 0 Å². The molecule has 0 bridgehead atoms. The van der Waals surface area contributed by atoms with Crippen LogP contribution >= 0.6 is 0 Å². The van der Waals surface area contributed by atoms with Crippen LogP contribution in [0.15, 0.2) is 23.3 Å². The van der Waals surface area contributed by atoms with Gasteiger partial charge in [-0.3, -0.25) is 0 Å². The molecule has 2 N–H and O–H groups in total. The minimum atomic E-state index is -0.279. The fourth-order valence-corrected chi connectivity index (χ4v) is 2.26. The molecule has 0 aromatic carbocycles. The Kier molecular flexibility index (Phi) is 13.0. The number of aliphatic hydroxyl groups is 2. The first-order chi connectivity index (χ1) is 9.56. The van der Waals surface area contributed by atoms with E-state index >= 15 is 0 Å². The molecule has 20 heavy (non-hydrogen) atoms. The summed E-state index contributed by atoms with van der Waals surface area (Å²) < 4.78 is 0. The van der Waals surface area contributed by atoms with E-state index in [4.69, 9.17) is 5.11 Å². The first kappa shape index (κ1) is 19.4. The summed E-state index contributed by atoms with van der Waals surface area (Å²) in [5, 5.41) is 18.6. The lowest BCUT2D eigenvalue weighted by Gasteiger charge is -2.08. The minimum absolute atomic E-state index is 0.279. The molecule has 0 saturated heterocycles. The first-order valence-corrected chi connectivity index (χ1v) is 8.16. The molecule has 118 valence electrons. The van der Waals surface area contributed by atoms with Gasteiger partial charge in [0, 0.05) is 6.61 Å². The summed E-state index contributed by atoms with van der Waals surface area (Å²) in [6.45, 7) is 6.66. The van der Waals surface area contributed by atoms with Crippen LogP contribution in [0.4, 0.5) is 0 Å². The van der Waals surface area contributed by atoms with Gasteiger partial charge in [0.15, 0.2) is 0 Å². The quantitative estimate of drug-likeness (QED) is 0.400. The second kappa shape index (κ2) is 13.4. The molecule has 0 aromatic heterocycles. The van der Waals surface area contributed by atoms with Gasteiger partial charge in [-0.2, -0.15) is 0 Å². The Morgan fingerprint density at radius 2 is 1.55 bits per heavy atom. The Morgan fingerprint density at radius 1 is 0.950 bits per heavy atom. The van der Waals surface area contributed by atoms with Crippen molar-refractivity contribution in [3.05, 3.63) is 23.3 Å². The largest absolute Gasteiger partial charge is 0.396 e. The Labute approximate surface area is 125 Å². The Morgan fingerprint density at radius 3 is 2.15 bits per heavy atom. The Balaban J connectivity index is 3.60. The van der Waals surface area contributed by atoms with E-state index in [0.29, 0.717) is 6.61 Å². The van der Waals surface area contributed by atoms with Crippen LogP contribution in [0.3, 0.4) is 0 Å². The summed E-state index contributed by atoms with van der Waals surface area (Å²) in [5.41, 5.74) is 2.65. The van der Waals surface area contributed by atoms with Crippen LogP contribution in [0.1, 0.15) is 78.6 Å². The molecular weight excluding hydrogens is 248 g/mol. The van der Waals surface area contributed by atoms with Crippen molar-refractivity contribution in [1.82, 2.24) is 0 Å². The maximum absolute atomic E-state index is 9.94. The van der Waals surface area contributed by atoms with E-state index in [-0.39, 0.29) is 6.10 Å². The van der Waals surface area contributed by atoms with Crippen LogP contribution in [0.2, 0.25) is 0 Å². The predicted octanol–water partition coefficient (Wildman–Crippen LogP) is 4.76. The van der Waals surface area contributed by atoms with Gasteiger partial charge in [-0.1, -0.05) is 55.4 Å². The van der Waals surface area contributed by atoms with E-state index in [0.717, 1.165) is 38.5 Å². The second-order valence-electron chi connectivity index (χ2n) is 6.03. The SMILES string of the molecule is CC(C)=CCCC(C)=CC(O)CCCCCCCCO. The van der Waals surface area contributed by atoms with Crippen molar-refractivity contribution in [2.24, 2.45) is 0 Å². The maximum Gasteiger partial charge on any atom is 0.0723 e. The van der Waals surface area contributed by atoms with Crippen LogP contribution in [-0.2, 0) is 0 Å². The number of hydrogen-bond acceptors (Lipinski definition) is 2. The van der Waals surface area contributed by atoms with Crippen molar-refractivity contribution < 1.29 is 10.2 Å². The lowest BCUT2D eigenvalue weighted by atomic mass is 10.0. The Bertz CT molecular complexity index is 275. The van der Waals surface area contributed by atoms with Gasteiger partial charge in [0.25, 0.3) is 0 Å². The highest BCUT2D eigenvalue weighted by molar-refractivity contribution is 5.04. The number of aliphatic hydroxyl groups excluding tert-OH is 2. The van der Waals surface area contributed by atoms with Crippen LogP contribution in [0.25, 0.3) is 0 Å². The van der Waals surface area contributed by atoms with Crippen molar-refractivity contribution in [3.63, 3.8) is 0 Å². The standard InChI is InChI=1S/C18H34O2/c1-16(2)11-10-12-17(3)15-18(20)13-8-6-4-5-7-9-14-19/h11,15,18-20H,4-10,12-14H2,1-3H3. The van der Waals surface area contributed by atoms with Gasteiger partial charge in [0.1, 0.15) is 0 Å². The summed E-state index contributed by atoms with van der Waals surface area (Å²) in [6.07, 6.45) is 13.7. The van der Waals surface area contributed by atoms with E-state index in [1.165, 1.54) is 30.4 Å². The highest BCUT2D eigenvalue weighted by Gasteiger charge is 2.01. The molecule has 0 aromatic rings. The number of hydrogen-bond donors (Lipinski definition) is 2. The summed E-state index contributed by atoms with van der Waals surface area (Å²) >= 11 is 0. The molecule has 0 radical (unpaired) electrons. The summed E-state index contributed by atoms with van der Waals surface area (Å²) in [4.78, 5) is 0. The second-order valence-corrected chi connectivity index (χ2v) is 6.03. The third-order valence-electron chi connectivity index (χ3n) is 3.48. The van der Waals surface area contributed by atoms with Gasteiger partial charge >= 0.3 is 0 Å². The average Bonchev–Trinajstić information content (AvgIpc) is 2.37. The summed E-state index contributed by atoms with van der Waals surface area (Å²) in [5.74, 6) is 0.